The van der Waals surface area contributed by atoms with E-state index in [1.807, 2.05) is 0 Å². The van der Waals surface area contributed by atoms with E-state index in [4.69, 9.17) is 0 Å². The van der Waals surface area contributed by atoms with Gasteiger partial charge < -0.3 is 5.32 Å². The monoisotopic (exact) mass is 181 g/mol. The lowest BCUT2D eigenvalue weighted by molar-refractivity contribution is 0.272. The van der Waals surface area contributed by atoms with Crippen LogP contribution in [0.3, 0.4) is 0 Å². The lowest BCUT2D eigenvalue weighted by Gasteiger charge is -2.31. The van der Waals surface area contributed by atoms with Crippen molar-refractivity contribution in [1.29, 1.82) is 0 Å². The third-order valence-electron chi connectivity index (χ3n) is 4.74. The number of hydrogen-bond donors (Lipinski definition) is 1. The highest BCUT2D eigenvalue weighted by Crippen LogP contribution is 2.51. The number of fused-ring (bicyclic) bond motifs is 2. The number of nitrogens with one attached hydrogen (secondary N) is 1. The van der Waals surface area contributed by atoms with Crippen LogP contribution in [0.15, 0.2) is 0 Å². The van der Waals surface area contributed by atoms with Crippen LogP contribution in [0.2, 0.25) is 0 Å². The highest BCUT2D eigenvalue weighted by atomic mass is 15.1. The Labute approximate surface area is 82.3 Å². The van der Waals surface area contributed by atoms with Gasteiger partial charge >= 0.3 is 0 Å². The average molecular weight is 181 g/mol. The van der Waals surface area contributed by atoms with E-state index >= 15 is 0 Å². The molecule has 2 saturated heterocycles. The smallest absolute Gasteiger partial charge is 0.0211 e. The van der Waals surface area contributed by atoms with Crippen molar-refractivity contribution in [2.75, 3.05) is 0 Å². The summed E-state index contributed by atoms with van der Waals surface area (Å²) in [5.74, 6) is 1.60. The third kappa shape index (κ3) is 1.16. The van der Waals surface area contributed by atoms with Crippen molar-refractivity contribution < 1.29 is 0 Å². The van der Waals surface area contributed by atoms with E-state index in [1.54, 1.807) is 0 Å². The molecule has 0 spiro atoms. The topological polar surface area (TPSA) is 12.0 Å². The molecule has 2 heterocycles. The average Bonchev–Trinajstić information content (AvgIpc) is 2.61. The molecular weight excluding hydrogens is 158 g/mol. The Kier molecular flexibility index (Phi) is 1.99. The molecule has 2 aliphatic rings. The summed E-state index contributed by atoms with van der Waals surface area (Å²) >= 11 is 0. The van der Waals surface area contributed by atoms with E-state index < -0.39 is 0 Å². The first-order valence-electron chi connectivity index (χ1n) is 5.80. The summed E-state index contributed by atoms with van der Waals surface area (Å²) in [5.41, 5.74) is 1.01. The molecule has 0 aromatic carbocycles. The molecule has 1 heteroatoms. The molecule has 2 bridgehead atoms. The van der Waals surface area contributed by atoms with Gasteiger partial charge in [0.2, 0.25) is 0 Å². The zero-order valence-electron chi connectivity index (χ0n) is 9.48. The molecule has 2 rings (SSSR count). The standard InChI is InChI=1S/C12H23N/c1-9(2)11-5-7-12(13-11,8-6-11)10(3)4/h9-10,13H,5-8H2,1-4H3. The summed E-state index contributed by atoms with van der Waals surface area (Å²) in [4.78, 5) is 0. The van der Waals surface area contributed by atoms with Crippen molar-refractivity contribution in [3.63, 3.8) is 0 Å². The van der Waals surface area contributed by atoms with E-state index in [-0.39, 0.29) is 0 Å². The molecule has 1 nitrogen and oxygen atoms in total. The number of hydrogen-bond acceptors (Lipinski definition) is 1. The zero-order valence-corrected chi connectivity index (χ0v) is 9.48. The Morgan fingerprint density at radius 2 is 1.08 bits per heavy atom. The quantitative estimate of drug-likeness (QED) is 0.690. The van der Waals surface area contributed by atoms with Gasteiger partial charge in [-0.25, -0.2) is 0 Å². The van der Waals surface area contributed by atoms with Gasteiger partial charge in [-0.05, 0) is 37.5 Å². The minimum Gasteiger partial charge on any atom is -0.305 e. The Bertz CT molecular complexity index is 175. The second-order valence-corrected chi connectivity index (χ2v) is 5.75. The molecule has 0 aromatic heterocycles. The van der Waals surface area contributed by atoms with Gasteiger partial charge in [0.1, 0.15) is 0 Å². The molecular formula is C12H23N. The fourth-order valence-electron chi connectivity index (χ4n) is 3.33. The predicted octanol–water partition coefficient (Wildman–Crippen LogP) is 2.95. The number of rotatable bonds is 2. The second kappa shape index (κ2) is 2.73. The summed E-state index contributed by atoms with van der Waals surface area (Å²) in [7, 11) is 0. The van der Waals surface area contributed by atoms with Gasteiger partial charge in [-0.3, -0.25) is 0 Å². The first kappa shape index (κ1) is 9.51. The van der Waals surface area contributed by atoms with Crippen LogP contribution < -0.4 is 5.32 Å². The molecule has 76 valence electrons. The SMILES string of the molecule is CC(C)C12CCC(C(C)C)(CC1)N2. The van der Waals surface area contributed by atoms with Crippen molar-refractivity contribution in [3.8, 4) is 0 Å². The van der Waals surface area contributed by atoms with E-state index in [1.165, 1.54) is 25.7 Å². The maximum atomic E-state index is 3.95. The molecule has 0 radical (unpaired) electrons. The molecule has 2 fully saturated rings. The maximum absolute atomic E-state index is 3.95. The van der Waals surface area contributed by atoms with Crippen LogP contribution in [0.4, 0.5) is 0 Å². The molecule has 0 aromatic rings. The largest absolute Gasteiger partial charge is 0.305 e. The summed E-state index contributed by atoms with van der Waals surface area (Å²) < 4.78 is 0. The lowest BCUT2D eigenvalue weighted by atomic mass is 9.73. The van der Waals surface area contributed by atoms with Crippen LogP contribution >= 0.6 is 0 Å². The van der Waals surface area contributed by atoms with Crippen molar-refractivity contribution in [2.45, 2.75) is 64.5 Å². The summed E-state index contributed by atoms with van der Waals surface area (Å²) in [6.45, 7) is 9.48. The van der Waals surface area contributed by atoms with Crippen LogP contribution in [-0.2, 0) is 0 Å². The van der Waals surface area contributed by atoms with Crippen molar-refractivity contribution in [3.05, 3.63) is 0 Å². The summed E-state index contributed by atoms with van der Waals surface area (Å²) in [6.07, 6.45) is 5.62. The second-order valence-electron chi connectivity index (χ2n) is 5.75. The zero-order chi connectivity index (χ0) is 9.69. The fraction of sp³-hybridized carbons (Fsp3) is 1.00. The van der Waals surface area contributed by atoms with Crippen molar-refractivity contribution in [1.82, 2.24) is 5.32 Å². The van der Waals surface area contributed by atoms with Crippen LogP contribution in [0, 0.1) is 11.8 Å². The van der Waals surface area contributed by atoms with Gasteiger partial charge in [0.05, 0.1) is 0 Å². The molecule has 1 N–H and O–H groups in total. The predicted molar refractivity (Wildman–Crippen MR) is 56.7 cm³/mol. The lowest BCUT2D eigenvalue weighted by Crippen LogP contribution is -2.47. The van der Waals surface area contributed by atoms with Gasteiger partial charge in [-0.1, -0.05) is 27.7 Å². The van der Waals surface area contributed by atoms with Gasteiger partial charge in [-0.2, -0.15) is 0 Å². The van der Waals surface area contributed by atoms with E-state index in [0.717, 1.165) is 11.8 Å². The Hall–Kier alpha value is -0.0400. The maximum Gasteiger partial charge on any atom is 0.0211 e. The van der Waals surface area contributed by atoms with Crippen LogP contribution in [0.1, 0.15) is 53.4 Å². The Morgan fingerprint density at radius 1 is 0.769 bits per heavy atom. The highest BCUT2D eigenvalue weighted by molar-refractivity contribution is 5.15. The van der Waals surface area contributed by atoms with Gasteiger partial charge in [0, 0.05) is 11.1 Å². The first-order chi connectivity index (χ1) is 6.01. The molecule has 2 aliphatic heterocycles. The fourth-order valence-corrected chi connectivity index (χ4v) is 3.33. The van der Waals surface area contributed by atoms with Gasteiger partial charge in [0.25, 0.3) is 0 Å². The van der Waals surface area contributed by atoms with Crippen LogP contribution in [0.25, 0.3) is 0 Å². The van der Waals surface area contributed by atoms with Crippen molar-refractivity contribution in [2.24, 2.45) is 11.8 Å². The Morgan fingerprint density at radius 3 is 1.23 bits per heavy atom. The molecule has 13 heavy (non-hydrogen) atoms. The molecule has 0 atom stereocenters. The van der Waals surface area contributed by atoms with Crippen LogP contribution in [-0.4, -0.2) is 11.1 Å². The van der Waals surface area contributed by atoms with Gasteiger partial charge in [0.15, 0.2) is 0 Å². The minimum atomic E-state index is 0.504. The molecule has 0 amide bonds. The van der Waals surface area contributed by atoms with E-state index in [0.29, 0.717) is 11.1 Å². The van der Waals surface area contributed by atoms with Crippen LogP contribution in [0.5, 0.6) is 0 Å². The normalized spacial score (nSPS) is 43.8. The highest BCUT2D eigenvalue weighted by Gasteiger charge is 2.55. The summed E-state index contributed by atoms with van der Waals surface area (Å²) in [6, 6.07) is 0. The van der Waals surface area contributed by atoms with Crippen molar-refractivity contribution >= 4 is 0 Å². The molecule has 0 saturated carbocycles. The first-order valence-corrected chi connectivity index (χ1v) is 5.80. The van der Waals surface area contributed by atoms with Gasteiger partial charge in [-0.15, -0.1) is 0 Å². The Balaban J connectivity index is 2.19. The molecule has 0 unspecified atom stereocenters. The minimum absolute atomic E-state index is 0.504. The third-order valence-corrected chi connectivity index (χ3v) is 4.74. The van der Waals surface area contributed by atoms with E-state index in [2.05, 4.69) is 33.0 Å². The molecule has 0 aliphatic carbocycles. The van der Waals surface area contributed by atoms with E-state index in [9.17, 15) is 0 Å². The summed E-state index contributed by atoms with van der Waals surface area (Å²) in [5, 5.41) is 3.95.